The van der Waals surface area contributed by atoms with E-state index in [0.29, 0.717) is 17.4 Å². The average Bonchev–Trinajstić information content (AvgIpc) is 2.99. The van der Waals surface area contributed by atoms with Crippen LogP contribution in [0, 0.1) is 0 Å². The molecule has 1 N–H and O–H groups in total. The Morgan fingerprint density at radius 3 is 1.85 bits per heavy atom. The molecule has 0 bridgehead atoms. The number of likely N-dealkylation sites (N-methyl/N-ethyl adjacent to an activating group) is 1. The summed E-state index contributed by atoms with van der Waals surface area (Å²) < 4.78 is 34.0. The number of esters is 2. The van der Waals surface area contributed by atoms with Gasteiger partial charge in [-0.05, 0) is 44.9 Å². The zero-order valence-electron chi connectivity index (χ0n) is 29.8. The van der Waals surface area contributed by atoms with E-state index in [4.69, 9.17) is 18.5 Å². The fraction of sp³-hybridized carbons (Fsp3) is 0.778. The van der Waals surface area contributed by atoms with Gasteiger partial charge in [-0.25, -0.2) is 4.57 Å². The lowest BCUT2D eigenvalue weighted by Crippen LogP contribution is -2.37. The van der Waals surface area contributed by atoms with E-state index in [1.807, 2.05) is 21.1 Å². The minimum Gasteiger partial charge on any atom is -0.462 e. The molecule has 0 fully saturated rings. The van der Waals surface area contributed by atoms with Crippen LogP contribution in [-0.4, -0.2) is 74.9 Å². The molecule has 2 atom stereocenters. The van der Waals surface area contributed by atoms with Crippen molar-refractivity contribution < 1.29 is 42.1 Å². The molecule has 2 unspecified atom stereocenters. The van der Waals surface area contributed by atoms with Gasteiger partial charge < -0.3 is 18.9 Å². The van der Waals surface area contributed by atoms with Crippen LogP contribution in [0.15, 0.2) is 36.5 Å². The van der Waals surface area contributed by atoms with Crippen LogP contribution in [0.2, 0.25) is 0 Å². The predicted molar refractivity (Wildman–Crippen MR) is 187 cm³/mol. The Balaban J connectivity index is 4.54. The van der Waals surface area contributed by atoms with Crippen LogP contribution in [0.25, 0.3) is 0 Å². The maximum absolute atomic E-state index is 12.6. The number of unbranched alkanes of at least 4 members (excludes halogenated alkanes) is 11. The Morgan fingerprint density at radius 1 is 0.696 bits per heavy atom. The number of nitrogens with zero attached hydrogens (tertiary/aromatic N) is 1. The van der Waals surface area contributed by atoms with Gasteiger partial charge >= 0.3 is 19.8 Å². The first kappa shape index (κ1) is 44.2. The summed E-state index contributed by atoms with van der Waals surface area (Å²) in [6.45, 7) is 4.21. The largest absolute Gasteiger partial charge is 0.472 e. The molecular formula is C36H67NO8P+. The van der Waals surface area contributed by atoms with Crippen LogP contribution in [0.5, 0.6) is 0 Å². The fourth-order valence-corrected chi connectivity index (χ4v) is 5.12. The molecule has 46 heavy (non-hydrogen) atoms. The van der Waals surface area contributed by atoms with Crippen LogP contribution in [0.4, 0.5) is 0 Å². The van der Waals surface area contributed by atoms with Crippen molar-refractivity contribution in [3.8, 4) is 0 Å². The van der Waals surface area contributed by atoms with Gasteiger partial charge in [-0.15, -0.1) is 0 Å². The first-order valence-corrected chi connectivity index (χ1v) is 19.2. The summed E-state index contributed by atoms with van der Waals surface area (Å²) in [5, 5.41) is 0. The number of ether oxygens (including phenoxy) is 2. The summed E-state index contributed by atoms with van der Waals surface area (Å²) in [7, 11) is 1.45. The third kappa shape index (κ3) is 32.2. The molecule has 0 amide bonds. The number of rotatable bonds is 31. The summed E-state index contributed by atoms with van der Waals surface area (Å²) in [5.41, 5.74) is 0. The Bertz CT molecular complexity index is 897. The Morgan fingerprint density at radius 2 is 1.24 bits per heavy atom. The number of hydrogen-bond acceptors (Lipinski definition) is 7. The van der Waals surface area contributed by atoms with E-state index in [9.17, 15) is 19.0 Å². The van der Waals surface area contributed by atoms with Crippen molar-refractivity contribution in [1.29, 1.82) is 0 Å². The summed E-state index contributed by atoms with van der Waals surface area (Å²) in [5.74, 6) is -0.840. The van der Waals surface area contributed by atoms with Gasteiger partial charge in [0.15, 0.2) is 6.10 Å². The molecular weight excluding hydrogens is 605 g/mol. The van der Waals surface area contributed by atoms with E-state index in [2.05, 4.69) is 50.3 Å². The molecule has 0 radical (unpaired) electrons. The van der Waals surface area contributed by atoms with Gasteiger partial charge in [-0.2, -0.15) is 0 Å². The Labute approximate surface area is 281 Å². The maximum atomic E-state index is 12.6. The molecule has 0 aromatic heterocycles. The van der Waals surface area contributed by atoms with Crippen LogP contribution < -0.4 is 0 Å². The second-order valence-corrected chi connectivity index (χ2v) is 14.3. The summed E-state index contributed by atoms with van der Waals surface area (Å²) in [6.07, 6.45) is 29.2. The van der Waals surface area contributed by atoms with Gasteiger partial charge in [0.2, 0.25) is 0 Å². The van der Waals surface area contributed by atoms with Gasteiger partial charge in [-0.3, -0.25) is 18.6 Å². The monoisotopic (exact) mass is 672 g/mol. The highest BCUT2D eigenvalue weighted by Gasteiger charge is 2.27. The average molecular weight is 673 g/mol. The van der Waals surface area contributed by atoms with Crippen LogP contribution in [-0.2, 0) is 32.7 Å². The van der Waals surface area contributed by atoms with Crippen LogP contribution >= 0.6 is 7.82 Å². The number of quaternary nitrogens is 1. The van der Waals surface area contributed by atoms with E-state index < -0.39 is 26.5 Å². The third-order valence-electron chi connectivity index (χ3n) is 7.18. The van der Waals surface area contributed by atoms with Crippen LogP contribution in [0.1, 0.15) is 129 Å². The lowest BCUT2D eigenvalue weighted by Gasteiger charge is -2.24. The number of allylic oxidation sites excluding steroid dienone is 6. The highest BCUT2D eigenvalue weighted by atomic mass is 31.2. The highest BCUT2D eigenvalue weighted by Crippen LogP contribution is 2.43. The lowest BCUT2D eigenvalue weighted by molar-refractivity contribution is -0.870. The van der Waals surface area contributed by atoms with Crippen molar-refractivity contribution in [2.24, 2.45) is 0 Å². The zero-order valence-corrected chi connectivity index (χ0v) is 30.7. The van der Waals surface area contributed by atoms with Gasteiger partial charge in [0, 0.05) is 12.8 Å². The van der Waals surface area contributed by atoms with Crippen molar-refractivity contribution >= 4 is 19.8 Å². The second kappa shape index (κ2) is 29.4. The number of phosphoric ester groups is 1. The van der Waals surface area contributed by atoms with Crippen LogP contribution in [0.3, 0.4) is 0 Å². The van der Waals surface area contributed by atoms with E-state index in [0.717, 1.165) is 57.8 Å². The third-order valence-corrected chi connectivity index (χ3v) is 8.17. The summed E-state index contributed by atoms with van der Waals surface area (Å²) >= 11 is 0. The van der Waals surface area contributed by atoms with Gasteiger partial charge in [0.25, 0.3) is 0 Å². The van der Waals surface area contributed by atoms with E-state index in [-0.39, 0.29) is 32.0 Å². The van der Waals surface area contributed by atoms with E-state index in [1.165, 1.54) is 38.5 Å². The standard InChI is InChI=1S/C36H66NO8P/c1-6-8-10-12-14-16-17-18-19-21-23-25-27-29-36(39)45-34(33-44-46(40,41)43-31-30-37(3,4)5)32-42-35(38)28-26-24-22-20-15-13-11-9-7-2/h8,10,14,16,18-19,34H,6-7,9,11-13,15,17,20-33H2,1-5H3/p+1/b10-8-,16-14-,19-18-. The normalized spacial score (nSPS) is 14.3. The molecule has 0 aliphatic carbocycles. The van der Waals surface area contributed by atoms with Crippen molar-refractivity contribution in [3.63, 3.8) is 0 Å². The lowest BCUT2D eigenvalue weighted by atomic mass is 10.1. The molecule has 0 heterocycles. The first-order valence-electron chi connectivity index (χ1n) is 17.7. The molecule has 268 valence electrons. The SMILES string of the molecule is CC/C=C\C/C=C\C/C=C\CCCCCC(=O)OC(COC(=O)CCCCCCCCCCC)COP(=O)(O)OCC[N+](C)(C)C. The summed E-state index contributed by atoms with van der Waals surface area (Å²) in [6, 6.07) is 0. The molecule has 0 aromatic rings. The smallest absolute Gasteiger partial charge is 0.462 e. The van der Waals surface area contributed by atoms with Crippen molar-refractivity contribution in [3.05, 3.63) is 36.5 Å². The highest BCUT2D eigenvalue weighted by molar-refractivity contribution is 7.47. The fourth-order valence-electron chi connectivity index (χ4n) is 4.38. The van der Waals surface area contributed by atoms with Gasteiger partial charge in [0.1, 0.15) is 19.8 Å². The Hall–Kier alpha value is -1.77. The minimum absolute atomic E-state index is 0.0258. The molecule has 9 nitrogen and oxygen atoms in total. The number of hydrogen-bond donors (Lipinski definition) is 1. The first-order chi connectivity index (χ1) is 22.0. The molecule has 0 saturated carbocycles. The molecule has 0 saturated heterocycles. The second-order valence-electron chi connectivity index (χ2n) is 12.9. The molecule has 0 rings (SSSR count). The molecule has 0 aliphatic heterocycles. The van der Waals surface area contributed by atoms with Crippen molar-refractivity contribution in [1.82, 2.24) is 0 Å². The van der Waals surface area contributed by atoms with Gasteiger partial charge in [-0.1, -0.05) is 108 Å². The summed E-state index contributed by atoms with van der Waals surface area (Å²) in [4.78, 5) is 35.0. The number of carbonyl (C=O) groups is 2. The van der Waals surface area contributed by atoms with Crippen molar-refractivity contribution in [2.45, 2.75) is 136 Å². The number of carbonyl (C=O) groups excluding carboxylic acids is 2. The van der Waals surface area contributed by atoms with Gasteiger partial charge in [0.05, 0.1) is 27.7 Å². The maximum Gasteiger partial charge on any atom is 0.472 e. The Kier molecular flexibility index (Phi) is 28.2. The number of phosphoric acid groups is 1. The molecule has 0 aromatic carbocycles. The topological polar surface area (TPSA) is 108 Å². The molecule has 0 spiro atoms. The van der Waals surface area contributed by atoms with E-state index in [1.54, 1.807) is 0 Å². The zero-order chi connectivity index (χ0) is 34.4. The van der Waals surface area contributed by atoms with E-state index >= 15 is 0 Å². The quantitative estimate of drug-likeness (QED) is 0.0256. The predicted octanol–water partition coefficient (Wildman–Crippen LogP) is 9.01. The van der Waals surface area contributed by atoms with Crippen molar-refractivity contribution in [2.75, 3.05) is 47.5 Å². The minimum atomic E-state index is -4.37. The molecule has 10 heteroatoms. The molecule has 0 aliphatic rings.